The van der Waals surface area contributed by atoms with Crippen LogP contribution in [-0.4, -0.2) is 45.8 Å². The number of hydrogen-bond acceptors (Lipinski definition) is 7. The molecule has 180 valence electrons. The molecule has 36 heavy (non-hydrogen) atoms. The molecule has 2 N–H and O–H groups in total. The van der Waals surface area contributed by atoms with E-state index in [1.54, 1.807) is 40.4 Å². The predicted octanol–water partition coefficient (Wildman–Crippen LogP) is 4.48. The molecule has 10 nitrogen and oxygen atoms in total. The molecule has 0 saturated carbocycles. The molecule has 5 aromatic rings. The molecule has 4 aromatic heterocycles. The fourth-order valence-corrected chi connectivity index (χ4v) is 5.78. The number of tetrazole rings is 1. The van der Waals surface area contributed by atoms with Crippen molar-refractivity contribution in [2.24, 2.45) is 0 Å². The van der Waals surface area contributed by atoms with Crippen molar-refractivity contribution in [2.45, 2.75) is 18.9 Å². The van der Waals surface area contributed by atoms with Gasteiger partial charge in [-0.25, -0.2) is 9.78 Å². The highest BCUT2D eigenvalue weighted by atomic mass is 35.5. The lowest BCUT2D eigenvalue weighted by atomic mass is 10.0. The number of benzene rings is 1. The van der Waals surface area contributed by atoms with Crippen LogP contribution in [0.1, 0.15) is 33.7 Å². The van der Waals surface area contributed by atoms with Crippen LogP contribution in [0, 0.1) is 0 Å². The molecule has 1 aliphatic rings. The number of halogens is 2. The van der Waals surface area contributed by atoms with Crippen LogP contribution in [0.15, 0.2) is 53.0 Å². The minimum absolute atomic E-state index is 0.226. The second-order valence-electron chi connectivity index (χ2n) is 8.18. The van der Waals surface area contributed by atoms with Crippen LogP contribution < -0.4 is 5.56 Å². The first kappa shape index (κ1) is 22.7. The third-order valence-corrected chi connectivity index (χ3v) is 7.70. The van der Waals surface area contributed by atoms with Crippen LogP contribution >= 0.6 is 34.5 Å². The van der Waals surface area contributed by atoms with Crippen molar-refractivity contribution >= 4 is 40.5 Å². The summed E-state index contributed by atoms with van der Waals surface area (Å²) in [6, 6.07) is 7.97. The monoisotopic (exact) mass is 539 g/mol. The number of H-pyrrole nitrogens is 1. The zero-order chi connectivity index (χ0) is 25.0. The van der Waals surface area contributed by atoms with Gasteiger partial charge in [0, 0.05) is 38.9 Å². The fourth-order valence-electron chi connectivity index (χ4n) is 4.52. The van der Waals surface area contributed by atoms with Crippen LogP contribution in [0.25, 0.3) is 28.1 Å². The largest absolute Gasteiger partial charge is 0.477 e. The number of carboxylic acids is 1. The zero-order valence-electron chi connectivity index (χ0n) is 18.2. The number of nitrogens with zero attached hydrogens (tertiary/aromatic N) is 6. The molecule has 0 radical (unpaired) electrons. The van der Waals surface area contributed by atoms with Gasteiger partial charge in [-0.05, 0) is 47.5 Å². The van der Waals surface area contributed by atoms with Crippen LogP contribution in [0.2, 0.25) is 10.0 Å². The molecule has 0 amide bonds. The van der Waals surface area contributed by atoms with Crippen LogP contribution in [0.4, 0.5) is 0 Å². The van der Waals surface area contributed by atoms with Gasteiger partial charge in [0.05, 0.1) is 28.6 Å². The summed E-state index contributed by atoms with van der Waals surface area (Å²) in [5.41, 5.74) is 3.70. The Morgan fingerprint density at radius 3 is 2.81 bits per heavy atom. The molecule has 1 aromatic carbocycles. The van der Waals surface area contributed by atoms with Crippen molar-refractivity contribution in [3.8, 4) is 28.1 Å². The number of aromatic amines is 1. The van der Waals surface area contributed by atoms with E-state index in [1.807, 2.05) is 0 Å². The Morgan fingerprint density at radius 1 is 1.19 bits per heavy atom. The minimum atomic E-state index is -0.976. The Bertz CT molecular complexity index is 1690. The van der Waals surface area contributed by atoms with Crippen LogP contribution in [-0.2, 0) is 6.42 Å². The first-order valence-corrected chi connectivity index (χ1v) is 12.4. The van der Waals surface area contributed by atoms with Gasteiger partial charge in [0.25, 0.3) is 5.56 Å². The van der Waals surface area contributed by atoms with Gasteiger partial charge in [-0.2, -0.15) is 4.68 Å². The number of carbonyl (C=O) groups is 1. The molecule has 0 spiro atoms. The Hall–Kier alpha value is -3.80. The summed E-state index contributed by atoms with van der Waals surface area (Å²) in [5.74, 6) is -0.370. The highest BCUT2D eigenvalue weighted by Gasteiger charge is 2.31. The number of aromatic nitrogens is 7. The van der Waals surface area contributed by atoms with E-state index in [2.05, 4.69) is 25.5 Å². The highest BCUT2D eigenvalue weighted by Crippen LogP contribution is 2.40. The second-order valence-corrected chi connectivity index (χ2v) is 9.91. The summed E-state index contributed by atoms with van der Waals surface area (Å²) in [7, 11) is 0. The SMILES string of the molecule is O=C(O)c1cc(-c2cnc(C3CCc4c(Cl)c(-c5cc(Cl)ccc5-n5cnnn5)cc(=O)n43)[nH]2)cs1. The lowest BCUT2D eigenvalue weighted by Crippen LogP contribution is -2.24. The van der Waals surface area contributed by atoms with Crippen molar-refractivity contribution in [2.75, 3.05) is 0 Å². The maximum Gasteiger partial charge on any atom is 0.345 e. The molecule has 1 unspecified atom stereocenters. The lowest BCUT2D eigenvalue weighted by molar-refractivity contribution is 0.0702. The average Bonchev–Trinajstić information content (AvgIpc) is 3.67. The molecule has 1 atom stereocenters. The molecule has 0 aliphatic carbocycles. The van der Waals surface area contributed by atoms with Crippen LogP contribution in [0.3, 0.4) is 0 Å². The summed E-state index contributed by atoms with van der Waals surface area (Å²) < 4.78 is 3.15. The zero-order valence-corrected chi connectivity index (χ0v) is 20.5. The molecular formula is C23H15Cl2N7O3S. The number of imidazole rings is 1. The lowest BCUT2D eigenvalue weighted by Gasteiger charge is -2.17. The summed E-state index contributed by atoms with van der Waals surface area (Å²) in [6.45, 7) is 0. The number of carboxylic acid groups (broad SMARTS) is 1. The molecule has 0 bridgehead atoms. The van der Waals surface area contributed by atoms with Crippen molar-refractivity contribution in [1.82, 2.24) is 34.7 Å². The van der Waals surface area contributed by atoms with Gasteiger partial charge in [-0.15, -0.1) is 16.4 Å². The quantitative estimate of drug-likeness (QED) is 0.336. The average molecular weight is 540 g/mol. The first-order chi connectivity index (χ1) is 17.4. The summed E-state index contributed by atoms with van der Waals surface area (Å²) >= 11 is 14.3. The van der Waals surface area contributed by atoms with E-state index in [0.29, 0.717) is 56.9 Å². The number of aromatic carboxylic acids is 1. The van der Waals surface area contributed by atoms with Crippen molar-refractivity contribution in [3.63, 3.8) is 0 Å². The maximum absolute atomic E-state index is 13.4. The number of nitrogens with one attached hydrogen (secondary N) is 1. The van der Waals surface area contributed by atoms with Gasteiger partial charge in [0.15, 0.2) is 0 Å². The van der Waals surface area contributed by atoms with E-state index >= 15 is 0 Å². The molecule has 13 heteroatoms. The van der Waals surface area contributed by atoms with Crippen molar-refractivity contribution < 1.29 is 9.90 Å². The summed E-state index contributed by atoms with van der Waals surface area (Å²) in [5, 5.41) is 23.2. The Morgan fingerprint density at radius 2 is 2.06 bits per heavy atom. The molecule has 1 aliphatic heterocycles. The summed E-state index contributed by atoms with van der Waals surface area (Å²) in [4.78, 5) is 32.6. The van der Waals surface area contributed by atoms with E-state index in [9.17, 15) is 14.7 Å². The van der Waals surface area contributed by atoms with Gasteiger partial charge in [0.2, 0.25) is 0 Å². The van der Waals surface area contributed by atoms with E-state index < -0.39 is 5.97 Å². The van der Waals surface area contributed by atoms with E-state index in [-0.39, 0.29) is 16.5 Å². The molecule has 6 rings (SSSR count). The Kier molecular flexibility index (Phi) is 5.47. The van der Waals surface area contributed by atoms with E-state index in [4.69, 9.17) is 23.2 Å². The van der Waals surface area contributed by atoms with Gasteiger partial charge in [0.1, 0.15) is 17.0 Å². The van der Waals surface area contributed by atoms with E-state index in [1.165, 1.54) is 17.1 Å². The number of pyridine rings is 1. The van der Waals surface area contributed by atoms with E-state index in [0.717, 1.165) is 16.9 Å². The molecule has 0 saturated heterocycles. The Labute approximate surface area is 216 Å². The summed E-state index contributed by atoms with van der Waals surface area (Å²) in [6.07, 6.45) is 4.31. The highest BCUT2D eigenvalue weighted by molar-refractivity contribution is 7.12. The minimum Gasteiger partial charge on any atom is -0.477 e. The molecule has 0 fully saturated rings. The smallest absolute Gasteiger partial charge is 0.345 e. The molecular weight excluding hydrogens is 525 g/mol. The predicted molar refractivity (Wildman–Crippen MR) is 134 cm³/mol. The Balaban J connectivity index is 1.41. The first-order valence-electron chi connectivity index (χ1n) is 10.7. The molecule has 5 heterocycles. The second kappa shape index (κ2) is 8.70. The standard InChI is InChI=1S/C23H15Cl2N7O3S/c24-12-1-2-16(31-10-27-29-30-31)13(6-12)14-7-20(33)32-17(21(14)25)3-4-18(32)22-26-8-15(28-22)11-5-19(23(34)35)36-9-11/h1-2,5-10,18H,3-4H2,(H,26,28)(H,34,35). The van der Waals surface area contributed by atoms with Gasteiger partial charge >= 0.3 is 5.97 Å². The van der Waals surface area contributed by atoms with Gasteiger partial charge in [-0.3, -0.25) is 4.79 Å². The van der Waals surface area contributed by atoms with Gasteiger partial charge in [-0.1, -0.05) is 23.2 Å². The number of hydrogen-bond donors (Lipinski definition) is 2. The fraction of sp³-hybridized carbons (Fsp3) is 0.130. The third kappa shape index (κ3) is 3.72. The maximum atomic E-state index is 13.4. The normalized spacial score (nSPS) is 14.8. The number of rotatable bonds is 5. The third-order valence-electron chi connectivity index (χ3n) is 6.13. The van der Waals surface area contributed by atoms with Crippen LogP contribution in [0.5, 0.6) is 0 Å². The number of thiophene rings is 1. The number of fused-ring (bicyclic) bond motifs is 1. The van der Waals surface area contributed by atoms with Crippen molar-refractivity contribution in [3.05, 3.63) is 85.0 Å². The van der Waals surface area contributed by atoms with Crippen molar-refractivity contribution in [1.29, 1.82) is 0 Å². The topological polar surface area (TPSA) is 132 Å². The van der Waals surface area contributed by atoms with Gasteiger partial charge < -0.3 is 14.7 Å².